The van der Waals surface area contributed by atoms with Crippen molar-refractivity contribution in [1.29, 1.82) is 0 Å². The second-order valence-corrected chi connectivity index (χ2v) is 6.53. The fraction of sp³-hybridized carbons (Fsp3) is 0.100. The lowest BCUT2D eigenvalue weighted by molar-refractivity contribution is 0.602. The molecule has 0 bridgehead atoms. The number of hydrogen-bond donors (Lipinski definition) is 1. The van der Waals surface area contributed by atoms with Crippen molar-refractivity contribution < 1.29 is 8.42 Å². The van der Waals surface area contributed by atoms with Crippen LogP contribution >= 0.6 is 15.9 Å². The number of halogens is 1. The fourth-order valence-corrected chi connectivity index (χ4v) is 2.27. The number of benzene rings is 1. The number of nitrogens with zero attached hydrogens (tertiary/aromatic N) is 2. The lowest BCUT2D eigenvalue weighted by Crippen LogP contribution is -2.00. The van der Waals surface area contributed by atoms with E-state index in [1.165, 1.54) is 17.1 Å². The van der Waals surface area contributed by atoms with Crippen LogP contribution in [-0.4, -0.2) is 24.5 Å². The van der Waals surface area contributed by atoms with E-state index in [4.69, 9.17) is 5.73 Å². The van der Waals surface area contributed by atoms with Crippen LogP contribution in [0.15, 0.2) is 40.0 Å². The van der Waals surface area contributed by atoms with E-state index in [2.05, 4.69) is 21.0 Å². The summed E-state index contributed by atoms with van der Waals surface area (Å²) in [5, 5.41) is 3.99. The predicted molar refractivity (Wildman–Crippen MR) is 68.8 cm³/mol. The predicted octanol–water partition coefficient (Wildman–Crippen LogP) is 1.62. The first kappa shape index (κ1) is 12.1. The summed E-state index contributed by atoms with van der Waals surface area (Å²) >= 11 is 3.30. The van der Waals surface area contributed by atoms with Gasteiger partial charge in [-0.05, 0) is 18.2 Å². The Bertz CT molecular complexity index is 664. The molecule has 2 rings (SSSR count). The van der Waals surface area contributed by atoms with Crippen LogP contribution in [0.2, 0.25) is 0 Å². The summed E-state index contributed by atoms with van der Waals surface area (Å²) in [7, 11) is -3.24. The topological polar surface area (TPSA) is 78.0 Å². The standard InChI is InChI=1S/C10H10BrN3O2S/c1-17(15,16)8-5-13-14(6-8)10-3-2-7(11)4-9(10)12/h2-6H,12H2,1H3. The minimum Gasteiger partial charge on any atom is -0.397 e. The van der Waals surface area contributed by atoms with Gasteiger partial charge in [-0.15, -0.1) is 0 Å². The summed E-state index contributed by atoms with van der Waals surface area (Å²) in [6.45, 7) is 0. The first-order valence-corrected chi connectivity index (χ1v) is 7.36. The molecular formula is C10H10BrN3O2S. The van der Waals surface area contributed by atoms with Gasteiger partial charge in [-0.1, -0.05) is 15.9 Å². The molecule has 0 spiro atoms. The Morgan fingerprint density at radius 3 is 2.65 bits per heavy atom. The molecule has 1 aromatic carbocycles. The number of hydrogen-bond acceptors (Lipinski definition) is 4. The first-order chi connectivity index (χ1) is 7.88. The van der Waals surface area contributed by atoms with Gasteiger partial charge in [-0.3, -0.25) is 0 Å². The molecule has 0 aliphatic carbocycles. The zero-order valence-electron chi connectivity index (χ0n) is 8.96. The normalized spacial score (nSPS) is 11.6. The van der Waals surface area contributed by atoms with Crippen molar-refractivity contribution in [1.82, 2.24) is 9.78 Å². The maximum absolute atomic E-state index is 11.3. The van der Waals surface area contributed by atoms with Crippen molar-refractivity contribution in [2.24, 2.45) is 0 Å². The molecule has 0 aliphatic rings. The van der Waals surface area contributed by atoms with E-state index in [-0.39, 0.29) is 4.90 Å². The average Bonchev–Trinajstić information content (AvgIpc) is 2.65. The molecule has 0 unspecified atom stereocenters. The molecule has 0 atom stereocenters. The Morgan fingerprint density at radius 2 is 2.12 bits per heavy atom. The van der Waals surface area contributed by atoms with Gasteiger partial charge < -0.3 is 5.73 Å². The second kappa shape index (κ2) is 4.15. The molecular weight excluding hydrogens is 306 g/mol. The lowest BCUT2D eigenvalue weighted by atomic mass is 10.3. The summed E-state index contributed by atoms with van der Waals surface area (Å²) < 4.78 is 24.9. The van der Waals surface area contributed by atoms with E-state index < -0.39 is 9.84 Å². The van der Waals surface area contributed by atoms with Crippen LogP contribution in [-0.2, 0) is 9.84 Å². The zero-order chi connectivity index (χ0) is 12.6. The largest absolute Gasteiger partial charge is 0.397 e. The molecule has 1 aromatic heterocycles. The molecule has 0 saturated carbocycles. The van der Waals surface area contributed by atoms with Gasteiger partial charge in [0.05, 0.1) is 17.6 Å². The van der Waals surface area contributed by atoms with Crippen molar-refractivity contribution in [2.75, 3.05) is 12.0 Å². The Balaban J connectivity index is 2.51. The third kappa shape index (κ3) is 2.50. The summed E-state index contributed by atoms with van der Waals surface area (Å²) in [6, 6.07) is 5.31. The molecule has 0 saturated heterocycles. The minimum atomic E-state index is -3.24. The molecule has 2 aromatic rings. The van der Waals surface area contributed by atoms with Gasteiger partial charge in [-0.25, -0.2) is 13.1 Å². The van der Waals surface area contributed by atoms with E-state index in [1.807, 2.05) is 6.07 Å². The summed E-state index contributed by atoms with van der Waals surface area (Å²) in [4.78, 5) is 0.166. The van der Waals surface area contributed by atoms with Crippen molar-refractivity contribution in [3.63, 3.8) is 0 Å². The van der Waals surface area contributed by atoms with Crippen LogP contribution in [0.4, 0.5) is 5.69 Å². The van der Waals surface area contributed by atoms with E-state index >= 15 is 0 Å². The number of nitrogens with two attached hydrogens (primary N) is 1. The number of rotatable bonds is 2. The van der Waals surface area contributed by atoms with Crippen LogP contribution in [0.5, 0.6) is 0 Å². The molecule has 0 amide bonds. The third-order valence-corrected chi connectivity index (χ3v) is 3.78. The molecule has 1 heterocycles. The number of anilines is 1. The van der Waals surface area contributed by atoms with Crippen molar-refractivity contribution in [3.05, 3.63) is 35.1 Å². The van der Waals surface area contributed by atoms with Gasteiger partial charge in [0.15, 0.2) is 9.84 Å². The molecule has 5 nitrogen and oxygen atoms in total. The van der Waals surface area contributed by atoms with Gasteiger partial charge in [0.1, 0.15) is 4.90 Å². The SMILES string of the molecule is CS(=O)(=O)c1cnn(-c2ccc(Br)cc2N)c1. The molecule has 0 aliphatic heterocycles. The van der Waals surface area contributed by atoms with Crippen LogP contribution in [0.3, 0.4) is 0 Å². The van der Waals surface area contributed by atoms with Crippen LogP contribution in [0.25, 0.3) is 5.69 Å². The number of sulfone groups is 1. The van der Waals surface area contributed by atoms with Gasteiger partial charge in [0.25, 0.3) is 0 Å². The van der Waals surface area contributed by atoms with Crippen LogP contribution in [0.1, 0.15) is 0 Å². The summed E-state index contributed by atoms with van der Waals surface area (Å²) in [5.74, 6) is 0. The fourth-order valence-electron chi connectivity index (χ4n) is 1.36. The van der Waals surface area contributed by atoms with E-state index in [0.717, 1.165) is 10.7 Å². The molecule has 90 valence electrons. The number of aromatic nitrogens is 2. The maximum Gasteiger partial charge on any atom is 0.178 e. The third-order valence-electron chi connectivity index (χ3n) is 2.22. The van der Waals surface area contributed by atoms with Crippen molar-refractivity contribution in [2.45, 2.75) is 4.90 Å². The molecule has 2 N–H and O–H groups in total. The molecule has 0 fully saturated rings. The highest BCUT2D eigenvalue weighted by Crippen LogP contribution is 2.22. The van der Waals surface area contributed by atoms with E-state index in [1.54, 1.807) is 12.1 Å². The molecule has 7 heteroatoms. The number of nitrogen functional groups attached to an aromatic ring is 1. The highest BCUT2D eigenvalue weighted by molar-refractivity contribution is 9.10. The Kier molecular flexibility index (Phi) is 2.96. The highest BCUT2D eigenvalue weighted by Gasteiger charge is 2.11. The first-order valence-electron chi connectivity index (χ1n) is 4.68. The van der Waals surface area contributed by atoms with Crippen LogP contribution in [0, 0.1) is 0 Å². The van der Waals surface area contributed by atoms with Gasteiger partial charge in [0.2, 0.25) is 0 Å². The average molecular weight is 316 g/mol. The van der Waals surface area contributed by atoms with Gasteiger partial charge in [0, 0.05) is 16.9 Å². The smallest absolute Gasteiger partial charge is 0.178 e. The Morgan fingerprint density at radius 1 is 1.41 bits per heavy atom. The van der Waals surface area contributed by atoms with E-state index in [9.17, 15) is 8.42 Å². The minimum absolute atomic E-state index is 0.166. The van der Waals surface area contributed by atoms with E-state index in [0.29, 0.717) is 11.4 Å². The quantitative estimate of drug-likeness (QED) is 0.854. The summed E-state index contributed by atoms with van der Waals surface area (Å²) in [6.07, 6.45) is 3.88. The highest BCUT2D eigenvalue weighted by atomic mass is 79.9. The molecule has 0 radical (unpaired) electrons. The van der Waals surface area contributed by atoms with Gasteiger partial charge >= 0.3 is 0 Å². The monoisotopic (exact) mass is 315 g/mol. The maximum atomic E-state index is 11.3. The van der Waals surface area contributed by atoms with Crippen molar-refractivity contribution in [3.8, 4) is 5.69 Å². The zero-order valence-corrected chi connectivity index (χ0v) is 11.4. The van der Waals surface area contributed by atoms with Crippen LogP contribution < -0.4 is 5.73 Å². The lowest BCUT2D eigenvalue weighted by Gasteiger charge is -2.05. The Hall–Kier alpha value is -1.34. The van der Waals surface area contributed by atoms with Crippen molar-refractivity contribution >= 4 is 31.5 Å². The van der Waals surface area contributed by atoms with Gasteiger partial charge in [-0.2, -0.15) is 5.10 Å². The second-order valence-electron chi connectivity index (χ2n) is 3.60. The summed E-state index contributed by atoms with van der Waals surface area (Å²) in [5.41, 5.74) is 6.99. The molecule has 17 heavy (non-hydrogen) atoms. The Labute approximate surface area is 107 Å².